The number of benzene rings is 1. The highest BCUT2D eigenvalue weighted by Crippen LogP contribution is 2.27. The second-order valence-corrected chi connectivity index (χ2v) is 5.38. The fourth-order valence-corrected chi connectivity index (χ4v) is 2.59. The number of carbonyl (C=O) groups excluding carboxylic acids is 1. The molecule has 0 spiro atoms. The van der Waals surface area contributed by atoms with Crippen LogP contribution in [0, 0.1) is 5.92 Å². The van der Waals surface area contributed by atoms with Gasteiger partial charge < -0.3 is 14.2 Å². The van der Waals surface area contributed by atoms with E-state index in [1.165, 1.54) is 0 Å². The molecule has 1 aromatic carbocycles. The quantitative estimate of drug-likeness (QED) is 0.857. The lowest BCUT2D eigenvalue weighted by atomic mass is 9.95. The van der Waals surface area contributed by atoms with Crippen LogP contribution in [0.1, 0.15) is 5.56 Å². The molecule has 0 radical (unpaired) electrons. The van der Waals surface area contributed by atoms with Gasteiger partial charge in [0.1, 0.15) is 12.4 Å². The lowest BCUT2D eigenvalue weighted by Crippen LogP contribution is -2.39. The van der Waals surface area contributed by atoms with Gasteiger partial charge in [-0.05, 0) is 18.1 Å². The van der Waals surface area contributed by atoms with E-state index in [1.54, 1.807) is 17.4 Å². The minimum absolute atomic E-state index is 0.0901. The van der Waals surface area contributed by atoms with Crippen molar-refractivity contribution in [3.63, 3.8) is 0 Å². The number of rotatable bonds is 4. The molecule has 5 nitrogen and oxygen atoms in total. The lowest BCUT2D eigenvalue weighted by molar-refractivity contribution is -0.135. The van der Waals surface area contributed by atoms with Gasteiger partial charge in [-0.25, -0.2) is 4.98 Å². The molecule has 1 amide bonds. The van der Waals surface area contributed by atoms with Crippen LogP contribution in [0.4, 0.5) is 0 Å². The predicted octanol–water partition coefficient (Wildman–Crippen LogP) is 1.59. The summed E-state index contributed by atoms with van der Waals surface area (Å²) in [6.07, 6.45) is 6.16. The molecule has 2 aromatic rings. The van der Waals surface area contributed by atoms with E-state index in [4.69, 9.17) is 4.74 Å². The van der Waals surface area contributed by atoms with Crippen LogP contribution >= 0.6 is 0 Å². The molecule has 0 N–H and O–H groups in total. The summed E-state index contributed by atoms with van der Waals surface area (Å²) >= 11 is 0. The number of imidazole rings is 1. The molecule has 1 atom stereocenters. The second kappa shape index (κ2) is 5.99. The number of hydrogen-bond acceptors (Lipinski definition) is 3. The van der Waals surface area contributed by atoms with E-state index in [2.05, 4.69) is 4.98 Å². The van der Waals surface area contributed by atoms with Gasteiger partial charge >= 0.3 is 0 Å². The van der Waals surface area contributed by atoms with Crippen LogP contribution < -0.4 is 4.74 Å². The zero-order valence-electron chi connectivity index (χ0n) is 12.1. The van der Waals surface area contributed by atoms with Crippen LogP contribution in [-0.2, 0) is 17.8 Å². The fourth-order valence-electron chi connectivity index (χ4n) is 2.59. The topological polar surface area (TPSA) is 47.4 Å². The van der Waals surface area contributed by atoms with Gasteiger partial charge in [-0.1, -0.05) is 18.2 Å². The number of para-hydroxylation sites is 1. The van der Waals surface area contributed by atoms with E-state index in [9.17, 15) is 4.79 Å². The first-order valence-corrected chi connectivity index (χ1v) is 7.15. The van der Waals surface area contributed by atoms with E-state index in [0.29, 0.717) is 13.2 Å². The molecule has 110 valence electrons. The van der Waals surface area contributed by atoms with Crippen molar-refractivity contribution in [1.29, 1.82) is 0 Å². The Hall–Kier alpha value is -2.30. The third-order valence-electron chi connectivity index (χ3n) is 3.86. The predicted molar refractivity (Wildman–Crippen MR) is 79.0 cm³/mol. The molecule has 21 heavy (non-hydrogen) atoms. The SMILES string of the molecule is CN(CCn1ccnc1)C(=O)C1COc2ccccc2C1. The average molecular weight is 285 g/mol. The van der Waals surface area contributed by atoms with Crippen LogP contribution in [0.25, 0.3) is 0 Å². The maximum absolute atomic E-state index is 12.5. The summed E-state index contributed by atoms with van der Waals surface area (Å²) in [4.78, 5) is 18.3. The van der Waals surface area contributed by atoms with Gasteiger partial charge in [0, 0.05) is 32.5 Å². The molecule has 1 aliphatic rings. The van der Waals surface area contributed by atoms with Gasteiger partial charge in [-0.3, -0.25) is 4.79 Å². The second-order valence-electron chi connectivity index (χ2n) is 5.38. The van der Waals surface area contributed by atoms with E-state index in [-0.39, 0.29) is 11.8 Å². The van der Waals surface area contributed by atoms with Crippen molar-refractivity contribution < 1.29 is 9.53 Å². The fraction of sp³-hybridized carbons (Fsp3) is 0.375. The maximum atomic E-state index is 12.5. The monoisotopic (exact) mass is 285 g/mol. The number of aromatic nitrogens is 2. The Morgan fingerprint density at radius 1 is 1.48 bits per heavy atom. The number of hydrogen-bond donors (Lipinski definition) is 0. The normalized spacial score (nSPS) is 16.9. The van der Waals surface area contributed by atoms with Crippen LogP contribution in [0.15, 0.2) is 43.0 Å². The molecule has 0 bridgehead atoms. The third-order valence-corrected chi connectivity index (χ3v) is 3.86. The highest BCUT2D eigenvalue weighted by Gasteiger charge is 2.27. The van der Waals surface area contributed by atoms with Crippen molar-refractivity contribution in [3.8, 4) is 5.75 Å². The molecule has 2 heterocycles. The standard InChI is InChI=1S/C16H19N3O2/c1-18(8-9-19-7-6-17-12-19)16(20)14-10-13-4-2-3-5-15(13)21-11-14/h2-7,12,14H,8-11H2,1H3. The zero-order valence-corrected chi connectivity index (χ0v) is 12.1. The molecule has 0 aliphatic carbocycles. The molecule has 3 rings (SSSR count). The zero-order chi connectivity index (χ0) is 14.7. The number of fused-ring (bicyclic) bond motifs is 1. The number of likely N-dealkylation sites (N-methyl/N-ethyl adjacent to an activating group) is 1. The van der Waals surface area contributed by atoms with Crippen molar-refractivity contribution >= 4 is 5.91 Å². The van der Waals surface area contributed by atoms with Gasteiger partial charge in [0.25, 0.3) is 0 Å². The Labute approximate surface area is 124 Å². The number of carbonyl (C=O) groups is 1. The Morgan fingerprint density at radius 2 is 2.33 bits per heavy atom. The molecule has 0 fully saturated rings. The van der Waals surface area contributed by atoms with Crippen molar-refractivity contribution in [1.82, 2.24) is 14.5 Å². The van der Waals surface area contributed by atoms with E-state index in [0.717, 1.165) is 24.3 Å². The first-order chi connectivity index (χ1) is 10.2. The van der Waals surface area contributed by atoms with Crippen LogP contribution in [0.3, 0.4) is 0 Å². The van der Waals surface area contributed by atoms with Crippen LogP contribution in [0.5, 0.6) is 5.75 Å². The largest absolute Gasteiger partial charge is 0.492 e. The minimum Gasteiger partial charge on any atom is -0.492 e. The minimum atomic E-state index is -0.0901. The number of nitrogens with zero attached hydrogens (tertiary/aromatic N) is 3. The highest BCUT2D eigenvalue weighted by molar-refractivity contribution is 5.79. The first kappa shape index (κ1) is 13.7. The van der Waals surface area contributed by atoms with Crippen molar-refractivity contribution in [3.05, 3.63) is 48.5 Å². The molecule has 0 saturated carbocycles. The Kier molecular flexibility index (Phi) is 3.90. The highest BCUT2D eigenvalue weighted by atomic mass is 16.5. The van der Waals surface area contributed by atoms with Gasteiger partial charge in [0.05, 0.1) is 12.2 Å². The van der Waals surface area contributed by atoms with Crippen molar-refractivity contribution in [2.75, 3.05) is 20.2 Å². The van der Waals surface area contributed by atoms with E-state index in [1.807, 2.05) is 42.1 Å². The number of amides is 1. The van der Waals surface area contributed by atoms with Gasteiger partial charge in [0.15, 0.2) is 0 Å². The summed E-state index contributed by atoms with van der Waals surface area (Å²) in [6.45, 7) is 1.89. The first-order valence-electron chi connectivity index (χ1n) is 7.15. The summed E-state index contributed by atoms with van der Waals surface area (Å²) in [5.41, 5.74) is 1.12. The smallest absolute Gasteiger partial charge is 0.229 e. The molecule has 0 saturated heterocycles. The average Bonchev–Trinajstić information content (AvgIpc) is 3.05. The van der Waals surface area contributed by atoms with Gasteiger partial charge in [0.2, 0.25) is 5.91 Å². The lowest BCUT2D eigenvalue weighted by Gasteiger charge is -2.28. The van der Waals surface area contributed by atoms with Crippen molar-refractivity contribution in [2.45, 2.75) is 13.0 Å². The molecule has 1 aromatic heterocycles. The molecule has 1 unspecified atom stereocenters. The van der Waals surface area contributed by atoms with Gasteiger partial charge in [-0.2, -0.15) is 0 Å². The van der Waals surface area contributed by atoms with Crippen molar-refractivity contribution in [2.24, 2.45) is 5.92 Å². The summed E-state index contributed by atoms with van der Waals surface area (Å²) in [7, 11) is 1.85. The summed E-state index contributed by atoms with van der Waals surface area (Å²) in [5.74, 6) is 0.958. The summed E-state index contributed by atoms with van der Waals surface area (Å²) in [6, 6.07) is 7.93. The summed E-state index contributed by atoms with van der Waals surface area (Å²) < 4.78 is 7.66. The number of ether oxygens (including phenoxy) is 1. The summed E-state index contributed by atoms with van der Waals surface area (Å²) in [5, 5.41) is 0. The van der Waals surface area contributed by atoms with Crippen LogP contribution in [0.2, 0.25) is 0 Å². The Balaban J connectivity index is 1.58. The Morgan fingerprint density at radius 3 is 3.14 bits per heavy atom. The van der Waals surface area contributed by atoms with E-state index < -0.39 is 0 Å². The van der Waals surface area contributed by atoms with Crippen LogP contribution in [-0.4, -0.2) is 40.6 Å². The maximum Gasteiger partial charge on any atom is 0.229 e. The molecule has 5 heteroatoms. The van der Waals surface area contributed by atoms with E-state index >= 15 is 0 Å². The molecular weight excluding hydrogens is 266 g/mol. The van der Waals surface area contributed by atoms with Gasteiger partial charge in [-0.15, -0.1) is 0 Å². The third kappa shape index (κ3) is 3.07. The molecular formula is C16H19N3O2. The molecule has 1 aliphatic heterocycles. The Bertz CT molecular complexity index is 610.